The smallest absolute Gasteiger partial charge is 0.256 e. The second kappa shape index (κ2) is 8.78. The number of benzene rings is 1. The van der Waals surface area contributed by atoms with Crippen molar-refractivity contribution >= 4 is 5.91 Å². The van der Waals surface area contributed by atoms with Crippen LogP contribution in [-0.2, 0) is 11.3 Å². The fraction of sp³-hybridized carbons (Fsp3) is 0.400. The lowest BCUT2D eigenvalue weighted by Gasteiger charge is -2.24. The first-order valence-corrected chi connectivity index (χ1v) is 8.90. The summed E-state index contributed by atoms with van der Waals surface area (Å²) in [6, 6.07) is 12.9. The third-order valence-corrected chi connectivity index (χ3v) is 4.68. The Balaban J connectivity index is 1.58. The number of methoxy groups -OCH3 is 1. The largest absolute Gasteiger partial charge is 0.497 e. The highest BCUT2D eigenvalue weighted by molar-refractivity contribution is 5.82. The molecule has 1 aromatic carbocycles. The highest BCUT2D eigenvalue weighted by atomic mass is 16.5. The number of ether oxygens (including phenoxy) is 1. The summed E-state index contributed by atoms with van der Waals surface area (Å²) in [4.78, 5) is 21.1. The highest BCUT2D eigenvalue weighted by Crippen LogP contribution is 2.20. The third-order valence-electron chi connectivity index (χ3n) is 4.68. The summed E-state index contributed by atoms with van der Waals surface area (Å²) in [6.45, 7) is 3.74. The van der Waals surface area contributed by atoms with Gasteiger partial charge in [-0.1, -0.05) is 18.2 Å². The molecular weight excluding hydrogens is 330 g/mol. The van der Waals surface area contributed by atoms with E-state index in [0.29, 0.717) is 24.4 Å². The van der Waals surface area contributed by atoms with Gasteiger partial charge < -0.3 is 14.7 Å². The molecule has 0 bridgehead atoms. The molecule has 1 aliphatic heterocycles. The molecule has 1 amide bonds. The molecule has 0 unspecified atom stereocenters. The Hall–Kier alpha value is -2.44. The van der Waals surface area contributed by atoms with Gasteiger partial charge in [0.05, 0.1) is 12.8 Å². The molecule has 0 saturated carbocycles. The molecule has 0 radical (unpaired) electrons. The van der Waals surface area contributed by atoms with Crippen LogP contribution in [0.2, 0.25) is 0 Å². The second-order valence-electron chi connectivity index (χ2n) is 6.45. The van der Waals surface area contributed by atoms with E-state index in [1.807, 2.05) is 18.2 Å². The van der Waals surface area contributed by atoms with Gasteiger partial charge in [0.2, 0.25) is 0 Å². The van der Waals surface area contributed by atoms with Crippen molar-refractivity contribution in [2.45, 2.75) is 19.1 Å². The lowest BCUT2D eigenvalue weighted by molar-refractivity contribution is -0.140. The van der Waals surface area contributed by atoms with Gasteiger partial charge in [0.25, 0.3) is 5.91 Å². The summed E-state index contributed by atoms with van der Waals surface area (Å²) in [5, 5.41) is 10.4. The molecule has 1 saturated heterocycles. The van der Waals surface area contributed by atoms with Gasteiger partial charge in [-0.25, -0.2) is 0 Å². The van der Waals surface area contributed by atoms with E-state index in [0.717, 1.165) is 31.7 Å². The Labute approximate surface area is 154 Å². The molecule has 1 N–H and O–H groups in total. The lowest BCUT2D eigenvalue weighted by atomic mass is 10.1. The summed E-state index contributed by atoms with van der Waals surface area (Å²) >= 11 is 0. The molecule has 2 heterocycles. The number of aliphatic hydroxyl groups is 1. The Morgan fingerprint density at radius 1 is 1.15 bits per heavy atom. The van der Waals surface area contributed by atoms with Gasteiger partial charge in [-0.15, -0.1) is 0 Å². The molecule has 0 spiro atoms. The zero-order valence-corrected chi connectivity index (χ0v) is 15.0. The number of amides is 1. The molecule has 6 heteroatoms. The minimum Gasteiger partial charge on any atom is -0.497 e. The van der Waals surface area contributed by atoms with E-state index in [1.165, 1.54) is 0 Å². The van der Waals surface area contributed by atoms with Gasteiger partial charge in [-0.3, -0.25) is 14.7 Å². The molecule has 138 valence electrons. The molecule has 26 heavy (non-hydrogen) atoms. The van der Waals surface area contributed by atoms with Crippen molar-refractivity contribution in [3.8, 4) is 5.75 Å². The number of carbonyl (C=O) groups is 1. The molecule has 1 atom stereocenters. The maximum Gasteiger partial charge on any atom is 0.256 e. The van der Waals surface area contributed by atoms with Gasteiger partial charge in [0.1, 0.15) is 5.75 Å². The number of carbonyl (C=O) groups excluding carboxylic acids is 1. The van der Waals surface area contributed by atoms with Crippen LogP contribution in [-0.4, -0.2) is 59.1 Å². The third kappa shape index (κ3) is 4.59. The van der Waals surface area contributed by atoms with E-state index < -0.39 is 6.10 Å². The van der Waals surface area contributed by atoms with Crippen molar-refractivity contribution in [2.24, 2.45) is 0 Å². The first kappa shape index (κ1) is 18.4. The molecule has 6 nitrogen and oxygen atoms in total. The second-order valence-corrected chi connectivity index (χ2v) is 6.45. The van der Waals surface area contributed by atoms with E-state index in [2.05, 4.69) is 9.88 Å². The quantitative estimate of drug-likeness (QED) is 0.887. The van der Waals surface area contributed by atoms with E-state index in [-0.39, 0.29) is 5.91 Å². The number of hydrogen-bond acceptors (Lipinski definition) is 5. The Bertz CT molecular complexity index is 706. The van der Waals surface area contributed by atoms with E-state index in [9.17, 15) is 9.90 Å². The minimum absolute atomic E-state index is 0.241. The summed E-state index contributed by atoms with van der Waals surface area (Å²) in [6.07, 6.45) is 1.55. The minimum atomic E-state index is -1.14. The molecule has 1 aliphatic rings. The summed E-state index contributed by atoms with van der Waals surface area (Å²) in [5.41, 5.74) is 1.62. The van der Waals surface area contributed by atoms with Gasteiger partial charge in [-0.2, -0.15) is 0 Å². The van der Waals surface area contributed by atoms with Crippen molar-refractivity contribution < 1.29 is 14.6 Å². The van der Waals surface area contributed by atoms with Crippen LogP contribution in [0.15, 0.2) is 48.7 Å². The maximum absolute atomic E-state index is 12.7. The fourth-order valence-electron chi connectivity index (χ4n) is 3.17. The number of aromatic nitrogens is 1. The predicted molar refractivity (Wildman–Crippen MR) is 98.7 cm³/mol. The van der Waals surface area contributed by atoms with Crippen LogP contribution in [0, 0.1) is 0 Å². The van der Waals surface area contributed by atoms with Crippen molar-refractivity contribution in [2.75, 3.05) is 33.3 Å². The topological polar surface area (TPSA) is 65.9 Å². The average molecular weight is 355 g/mol. The molecular formula is C20H25N3O3. The number of rotatable bonds is 5. The van der Waals surface area contributed by atoms with Gasteiger partial charge >= 0.3 is 0 Å². The summed E-state index contributed by atoms with van der Waals surface area (Å²) in [7, 11) is 1.59. The first-order chi connectivity index (χ1) is 12.7. The first-order valence-electron chi connectivity index (χ1n) is 8.90. The highest BCUT2D eigenvalue weighted by Gasteiger charge is 2.26. The monoisotopic (exact) mass is 355 g/mol. The zero-order chi connectivity index (χ0) is 18.4. The molecule has 1 fully saturated rings. The number of hydrogen-bond donors (Lipinski definition) is 1. The van der Waals surface area contributed by atoms with Gasteiger partial charge in [0.15, 0.2) is 6.10 Å². The Morgan fingerprint density at radius 3 is 2.65 bits per heavy atom. The number of nitrogens with zero attached hydrogens (tertiary/aromatic N) is 3. The van der Waals surface area contributed by atoms with Crippen molar-refractivity contribution in [1.82, 2.24) is 14.8 Å². The van der Waals surface area contributed by atoms with Crippen molar-refractivity contribution in [1.29, 1.82) is 0 Å². The van der Waals surface area contributed by atoms with E-state index in [4.69, 9.17) is 4.74 Å². The fourth-order valence-corrected chi connectivity index (χ4v) is 3.17. The normalized spacial score (nSPS) is 16.8. The lowest BCUT2D eigenvalue weighted by Crippen LogP contribution is -2.38. The van der Waals surface area contributed by atoms with Gasteiger partial charge in [-0.05, 0) is 36.2 Å². The number of pyridine rings is 1. The molecule has 3 rings (SSSR count). The van der Waals surface area contributed by atoms with Gasteiger partial charge in [0, 0.05) is 38.9 Å². The molecule has 1 aromatic heterocycles. The number of aliphatic hydroxyl groups excluding tert-OH is 1. The standard InChI is InChI=1S/C20H25N3O3/c1-26-18-8-6-16(7-9-18)19(24)20(25)23-12-4-11-22(13-14-23)15-17-5-2-3-10-21-17/h2-3,5-10,19,24H,4,11-15H2,1H3/t19-/m0/s1. The predicted octanol–water partition coefficient (Wildman–Crippen LogP) is 1.86. The zero-order valence-electron chi connectivity index (χ0n) is 15.0. The van der Waals surface area contributed by atoms with E-state index >= 15 is 0 Å². The van der Waals surface area contributed by atoms with Crippen molar-refractivity contribution in [3.63, 3.8) is 0 Å². The van der Waals surface area contributed by atoms with Crippen LogP contribution < -0.4 is 4.74 Å². The Kier molecular flexibility index (Phi) is 6.20. The average Bonchev–Trinajstić information content (AvgIpc) is 2.93. The van der Waals surface area contributed by atoms with E-state index in [1.54, 1.807) is 42.5 Å². The molecule has 2 aromatic rings. The molecule has 0 aliphatic carbocycles. The summed E-state index contributed by atoms with van der Waals surface area (Å²) < 4.78 is 5.12. The van der Waals surface area contributed by atoms with Crippen LogP contribution >= 0.6 is 0 Å². The van der Waals surface area contributed by atoms with Crippen LogP contribution in [0.1, 0.15) is 23.8 Å². The van der Waals surface area contributed by atoms with Crippen LogP contribution in [0.4, 0.5) is 0 Å². The van der Waals surface area contributed by atoms with Crippen LogP contribution in [0.5, 0.6) is 5.75 Å². The van der Waals surface area contributed by atoms with Crippen molar-refractivity contribution in [3.05, 3.63) is 59.9 Å². The maximum atomic E-state index is 12.7. The van der Waals surface area contributed by atoms with Crippen LogP contribution in [0.25, 0.3) is 0 Å². The van der Waals surface area contributed by atoms with Crippen LogP contribution in [0.3, 0.4) is 0 Å². The SMILES string of the molecule is COc1ccc([C@H](O)C(=O)N2CCCN(Cc3ccccn3)CC2)cc1. The summed E-state index contributed by atoms with van der Waals surface area (Å²) in [5.74, 6) is 0.461. The Morgan fingerprint density at radius 2 is 1.96 bits per heavy atom.